The van der Waals surface area contributed by atoms with Crippen LogP contribution in [0.2, 0.25) is 0 Å². The number of hydrogen-bond donors (Lipinski definition) is 0. The average molecular weight is 570 g/mol. The predicted octanol–water partition coefficient (Wildman–Crippen LogP) is 2.71. The van der Waals surface area contributed by atoms with Crippen LogP contribution in [0.1, 0.15) is 16.4 Å². The van der Waals surface area contributed by atoms with Crippen molar-refractivity contribution in [3.63, 3.8) is 0 Å². The van der Waals surface area contributed by atoms with Crippen molar-refractivity contribution in [2.75, 3.05) is 38.3 Å². The quantitative estimate of drug-likeness (QED) is 0.436. The molecule has 0 radical (unpaired) electrons. The zero-order valence-electron chi connectivity index (χ0n) is 20.9. The number of carbonyl (C=O) groups excluding carboxylic acids is 3. The Kier molecular flexibility index (Phi) is 6.77. The molecule has 2 aromatic carbocycles. The molecule has 9 nitrogen and oxygen atoms in total. The number of nitrogens with zero attached hydrogens (tertiary/aromatic N) is 3. The van der Waals surface area contributed by atoms with E-state index in [1.54, 1.807) is 24.1 Å². The van der Waals surface area contributed by atoms with E-state index in [-0.39, 0.29) is 23.0 Å². The molecule has 4 heterocycles. The van der Waals surface area contributed by atoms with Crippen molar-refractivity contribution in [1.82, 2.24) is 9.47 Å². The van der Waals surface area contributed by atoms with Crippen LogP contribution in [0.5, 0.6) is 5.75 Å². The SMILES string of the molecule is COc1ccc([C@H]2c3sc(=O)n(CC(=O)N4CCOCC4)c3SC3C(=O)N(c4ccc(F)cc4)C(=O)C32)cc1. The fraction of sp³-hybridized carbons (Fsp3) is 0.333. The number of methoxy groups -OCH3 is 1. The van der Waals surface area contributed by atoms with Gasteiger partial charge in [0.05, 0.1) is 37.0 Å². The first-order chi connectivity index (χ1) is 18.9. The van der Waals surface area contributed by atoms with E-state index >= 15 is 0 Å². The summed E-state index contributed by atoms with van der Waals surface area (Å²) >= 11 is 2.15. The molecule has 0 saturated carbocycles. The van der Waals surface area contributed by atoms with E-state index in [1.165, 1.54) is 28.8 Å². The molecule has 0 N–H and O–H groups in total. The second-order valence-electron chi connectivity index (χ2n) is 9.42. The van der Waals surface area contributed by atoms with Crippen LogP contribution in [-0.2, 0) is 25.7 Å². The molecule has 3 aliphatic rings. The lowest BCUT2D eigenvalue weighted by molar-refractivity contribution is -0.136. The number of hydrogen-bond acceptors (Lipinski definition) is 8. The molecule has 202 valence electrons. The van der Waals surface area contributed by atoms with E-state index in [2.05, 4.69) is 0 Å². The maximum absolute atomic E-state index is 13.8. The fourth-order valence-electron chi connectivity index (χ4n) is 5.32. The zero-order chi connectivity index (χ0) is 27.3. The summed E-state index contributed by atoms with van der Waals surface area (Å²) in [7, 11) is 1.55. The third-order valence-electron chi connectivity index (χ3n) is 7.27. The molecule has 6 rings (SSSR count). The Hall–Kier alpha value is -3.48. The number of imide groups is 1. The molecule has 3 atom stereocenters. The first kappa shape index (κ1) is 25.8. The van der Waals surface area contributed by atoms with Crippen molar-refractivity contribution < 1.29 is 28.2 Å². The maximum atomic E-state index is 13.8. The van der Waals surface area contributed by atoms with E-state index in [0.29, 0.717) is 42.0 Å². The molecular formula is C27H24FN3O6S2. The Morgan fingerprint density at radius 3 is 2.38 bits per heavy atom. The summed E-state index contributed by atoms with van der Waals surface area (Å²) in [5, 5.41) is -0.295. The highest BCUT2D eigenvalue weighted by molar-refractivity contribution is 8.00. The molecule has 39 heavy (non-hydrogen) atoms. The van der Waals surface area contributed by atoms with E-state index < -0.39 is 34.7 Å². The van der Waals surface area contributed by atoms with E-state index in [4.69, 9.17) is 9.47 Å². The highest BCUT2D eigenvalue weighted by atomic mass is 32.2. The lowest BCUT2D eigenvalue weighted by Crippen LogP contribution is -2.43. The molecule has 12 heteroatoms. The summed E-state index contributed by atoms with van der Waals surface area (Å²) < 4.78 is 25.6. The number of rotatable bonds is 5. The van der Waals surface area contributed by atoms with Crippen molar-refractivity contribution in [3.05, 3.63) is 74.5 Å². The third kappa shape index (κ3) is 4.46. The number of benzene rings is 2. The van der Waals surface area contributed by atoms with Gasteiger partial charge in [0.2, 0.25) is 17.7 Å². The number of carbonyl (C=O) groups is 3. The lowest BCUT2D eigenvalue weighted by Gasteiger charge is -2.31. The summed E-state index contributed by atoms with van der Waals surface area (Å²) in [6.07, 6.45) is 0. The van der Waals surface area contributed by atoms with Gasteiger partial charge >= 0.3 is 4.87 Å². The van der Waals surface area contributed by atoms with E-state index in [0.717, 1.165) is 33.6 Å². The van der Waals surface area contributed by atoms with Gasteiger partial charge in [-0.2, -0.15) is 0 Å². The summed E-state index contributed by atoms with van der Waals surface area (Å²) in [5.74, 6) is -2.26. The van der Waals surface area contributed by atoms with Gasteiger partial charge in [-0.1, -0.05) is 35.2 Å². The minimum absolute atomic E-state index is 0.159. The number of anilines is 1. The Labute approximate surface area is 231 Å². The van der Waals surface area contributed by atoms with Gasteiger partial charge in [-0.3, -0.25) is 23.7 Å². The van der Waals surface area contributed by atoms with Gasteiger partial charge in [-0.25, -0.2) is 9.29 Å². The summed E-state index contributed by atoms with van der Waals surface area (Å²) in [6, 6.07) is 12.4. The van der Waals surface area contributed by atoms with Crippen molar-refractivity contribution in [3.8, 4) is 5.75 Å². The van der Waals surface area contributed by atoms with Gasteiger partial charge < -0.3 is 14.4 Å². The van der Waals surface area contributed by atoms with Gasteiger partial charge in [0.1, 0.15) is 23.4 Å². The van der Waals surface area contributed by atoms with E-state index in [1.807, 2.05) is 12.1 Å². The number of morpholine rings is 1. The van der Waals surface area contributed by atoms with Crippen LogP contribution >= 0.6 is 23.1 Å². The Morgan fingerprint density at radius 2 is 1.72 bits per heavy atom. The van der Waals surface area contributed by atoms with E-state index in [9.17, 15) is 23.6 Å². The highest BCUT2D eigenvalue weighted by Crippen LogP contribution is 2.54. The summed E-state index contributed by atoms with van der Waals surface area (Å²) in [4.78, 5) is 57.0. The Balaban J connectivity index is 1.43. The molecule has 3 aliphatic heterocycles. The number of halogens is 1. The largest absolute Gasteiger partial charge is 0.497 e. The second kappa shape index (κ2) is 10.2. The van der Waals surface area contributed by atoms with Gasteiger partial charge in [-0.05, 0) is 42.0 Å². The van der Waals surface area contributed by atoms with Crippen LogP contribution < -0.4 is 14.5 Å². The molecule has 2 saturated heterocycles. The monoisotopic (exact) mass is 569 g/mol. The number of ether oxygens (including phenoxy) is 2. The first-order valence-corrected chi connectivity index (χ1v) is 14.1. The fourth-order valence-corrected chi connectivity index (χ4v) is 8.09. The number of fused-ring (bicyclic) bond motifs is 2. The second-order valence-corrected chi connectivity index (χ2v) is 11.5. The molecule has 1 aromatic heterocycles. The van der Waals surface area contributed by atoms with Gasteiger partial charge in [0.15, 0.2) is 0 Å². The molecule has 0 aliphatic carbocycles. The normalized spacial score (nSPS) is 22.6. The van der Waals surface area contributed by atoms with Crippen LogP contribution in [0.15, 0.2) is 58.4 Å². The molecule has 0 spiro atoms. The molecule has 3 amide bonds. The number of aromatic nitrogens is 1. The third-order valence-corrected chi connectivity index (χ3v) is 9.87. The van der Waals surface area contributed by atoms with Crippen molar-refractivity contribution in [1.29, 1.82) is 0 Å². The van der Waals surface area contributed by atoms with Gasteiger partial charge in [0.25, 0.3) is 0 Å². The molecular weight excluding hydrogens is 545 g/mol. The maximum Gasteiger partial charge on any atom is 0.308 e. The highest BCUT2D eigenvalue weighted by Gasteiger charge is 2.56. The Bertz CT molecular complexity index is 1500. The number of thiazole rings is 1. The molecule has 2 fully saturated rings. The lowest BCUT2D eigenvalue weighted by atomic mass is 9.83. The minimum Gasteiger partial charge on any atom is -0.497 e. The van der Waals surface area contributed by atoms with Crippen molar-refractivity contribution in [2.45, 2.75) is 22.7 Å². The van der Waals surface area contributed by atoms with Crippen LogP contribution in [0, 0.1) is 11.7 Å². The average Bonchev–Trinajstić information content (AvgIpc) is 3.40. The first-order valence-electron chi connectivity index (χ1n) is 12.4. The number of thioether (sulfide) groups is 1. The van der Waals surface area contributed by atoms with Gasteiger partial charge in [0, 0.05) is 23.9 Å². The molecule has 2 unspecified atom stereocenters. The van der Waals surface area contributed by atoms with Crippen LogP contribution in [0.3, 0.4) is 0 Å². The predicted molar refractivity (Wildman–Crippen MR) is 143 cm³/mol. The number of amides is 3. The van der Waals surface area contributed by atoms with Crippen molar-refractivity contribution >= 4 is 46.5 Å². The smallest absolute Gasteiger partial charge is 0.308 e. The van der Waals surface area contributed by atoms with Crippen LogP contribution in [0.4, 0.5) is 10.1 Å². The topological polar surface area (TPSA) is 98.2 Å². The minimum atomic E-state index is -0.819. The van der Waals surface area contributed by atoms with Gasteiger partial charge in [-0.15, -0.1) is 0 Å². The van der Waals surface area contributed by atoms with Crippen LogP contribution in [0.25, 0.3) is 0 Å². The summed E-state index contributed by atoms with van der Waals surface area (Å²) in [5.41, 5.74) is 1.04. The Morgan fingerprint density at radius 1 is 1.03 bits per heavy atom. The van der Waals surface area contributed by atoms with Crippen molar-refractivity contribution in [2.24, 2.45) is 5.92 Å². The zero-order valence-corrected chi connectivity index (χ0v) is 22.5. The summed E-state index contributed by atoms with van der Waals surface area (Å²) in [6.45, 7) is 1.62. The molecule has 0 bridgehead atoms. The standard InChI is InChI=1S/C27H24FN3O6S2/c1-36-18-8-2-15(3-9-18)20-21-22(25(34)31(24(21)33)17-6-4-16(28)5-7-17)38-26-23(20)39-27(35)30(26)14-19(32)29-10-12-37-13-11-29/h2-9,20-22H,10-14H2,1H3/t20-,21?,22?/m1/s1. The molecule has 3 aromatic rings. The van der Waals surface area contributed by atoms with Crippen LogP contribution in [-0.4, -0.2) is 65.9 Å².